The lowest BCUT2D eigenvalue weighted by Crippen LogP contribution is -2.26. The van der Waals surface area contributed by atoms with Crippen LogP contribution < -0.4 is 4.90 Å². The zero-order valence-electron chi connectivity index (χ0n) is 11.7. The van der Waals surface area contributed by atoms with Crippen LogP contribution in [0.4, 0.5) is 11.4 Å². The molecule has 20 heavy (non-hydrogen) atoms. The minimum atomic E-state index is -1.19. The van der Waals surface area contributed by atoms with E-state index in [0.29, 0.717) is 13.2 Å². The summed E-state index contributed by atoms with van der Waals surface area (Å²) < 4.78 is 5.38. The first kappa shape index (κ1) is 15.9. The monoisotopic (exact) mass is 282 g/mol. The summed E-state index contributed by atoms with van der Waals surface area (Å²) in [5.74, 6) is -1.19. The number of aromatic carboxylic acids is 1. The number of carbonyl (C=O) groups is 1. The lowest BCUT2D eigenvalue weighted by molar-refractivity contribution is -0.384. The second-order valence-electron chi connectivity index (χ2n) is 4.58. The van der Waals surface area contributed by atoms with E-state index in [9.17, 15) is 14.9 Å². The van der Waals surface area contributed by atoms with Crippen molar-refractivity contribution in [2.24, 2.45) is 0 Å². The Balaban J connectivity index is 3.06. The van der Waals surface area contributed by atoms with Crippen molar-refractivity contribution < 1.29 is 19.6 Å². The van der Waals surface area contributed by atoms with Crippen LogP contribution in [0.15, 0.2) is 18.2 Å². The van der Waals surface area contributed by atoms with Crippen molar-refractivity contribution in [2.45, 2.75) is 20.0 Å². The number of carboxylic acid groups (broad SMARTS) is 1. The fourth-order valence-corrected chi connectivity index (χ4v) is 1.79. The Kier molecular flexibility index (Phi) is 5.45. The van der Waals surface area contributed by atoms with Crippen LogP contribution in [0.25, 0.3) is 0 Å². The fraction of sp³-hybridized carbons (Fsp3) is 0.462. The predicted molar refractivity (Wildman–Crippen MR) is 74.4 cm³/mol. The van der Waals surface area contributed by atoms with Crippen molar-refractivity contribution in [1.82, 2.24) is 0 Å². The molecule has 7 nitrogen and oxygen atoms in total. The molecule has 0 spiro atoms. The molecule has 0 bridgehead atoms. The first-order valence-corrected chi connectivity index (χ1v) is 6.18. The van der Waals surface area contributed by atoms with Crippen LogP contribution >= 0.6 is 0 Å². The van der Waals surface area contributed by atoms with Crippen molar-refractivity contribution in [3.63, 3.8) is 0 Å². The Morgan fingerprint density at radius 3 is 2.65 bits per heavy atom. The fourth-order valence-electron chi connectivity index (χ4n) is 1.79. The van der Waals surface area contributed by atoms with Gasteiger partial charge in [0.25, 0.3) is 5.69 Å². The number of nitro groups is 1. The lowest BCUT2D eigenvalue weighted by atomic mass is 10.1. The van der Waals surface area contributed by atoms with E-state index in [4.69, 9.17) is 9.84 Å². The van der Waals surface area contributed by atoms with Crippen LogP contribution in [0.2, 0.25) is 0 Å². The molecule has 0 amide bonds. The van der Waals surface area contributed by atoms with E-state index in [-0.39, 0.29) is 23.0 Å². The number of hydrogen-bond donors (Lipinski definition) is 1. The van der Waals surface area contributed by atoms with Gasteiger partial charge in [-0.25, -0.2) is 4.79 Å². The van der Waals surface area contributed by atoms with Crippen LogP contribution in [0, 0.1) is 10.1 Å². The third kappa shape index (κ3) is 3.92. The Hall–Kier alpha value is -2.15. The van der Waals surface area contributed by atoms with Crippen LogP contribution in [-0.4, -0.2) is 42.3 Å². The SMILES string of the molecule is CC(C)OCCN(C)c1c(C(=O)O)cccc1[N+](=O)[O-]. The molecule has 0 heterocycles. The molecule has 0 unspecified atom stereocenters. The number of anilines is 1. The summed E-state index contributed by atoms with van der Waals surface area (Å²) in [7, 11) is 1.61. The van der Waals surface area contributed by atoms with Gasteiger partial charge in [-0.05, 0) is 19.9 Å². The zero-order chi connectivity index (χ0) is 15.3. The molecule has 0 saturated heterocycles. The van der Waals surface area contributed by atoms with Crippen molar-refractivity contribution in [2.75, 3.05) is 25.1 Å². The summed E-state index contributed by atoms with van der Waals surface area (Å²) >= 11 is 0. The highest BCUT2D eigenvalue weighted by molar-refractivity contribution is 5.97. The van der Waals surface area contributed by atoms with Crippen LogP contribution in [0.3, 0.4) is 0 Å². The van der Waals surface area contributed by atoms with Gasteiger partial charge in [-0.2, -0.15) is 0 Å². The molecule has 0 radical (unpaired) electrons. The number of rotatable bonds is 7. The average Bonchev–Trinajstić information content (AvgIpc) is 2.36. The standard InChI is InChI=1S/C13H18N2O5/c1-9(2)20-8-7-14(3)12-10(13(16)17)5-4-6-11(12)15(18)19/h4-6,9H,7-8H2,1-3H3,(H,16,17). The Bertz CT molecular complexity index is 469. The van der Waals surface area contributed by atoms with Crippen LogP contribution in [-0.2, 0) is 4.74 Å². The molecule has 0 saturated carbocycles. The van der Waals surface area contributed by atoms with Gasteiger partial charge in [-0.3, -0.25) is 10.1 Å². The molecular weight excluding hydrogens is 264 g/mol. The summed E-state index contributed by atoms with van der Waals surface area (Å²) in [5, 5.41) is 20.2. The number of carboxylic acids is 1. The van der Waals surface area contributed by atoms with E-state index in [0.717, 1.165) is 0 Å². The number of benzene rings is 1. The van der Waals surface area contributed by atoms with E-state index in [1.165, 1.54) is 23.1 Å². The number of ether oxygens (including phenoxy) is 1. The lowest BCUT2D eigenvalue weighted by Gasteiger charge is -2.21. The van der Waals surface area contributed by atoms with Gasteiger partial charge in [0.15, 0.2) is 0 Å². The van der Waals surface area contributed by atoms with Gasteiger partial charge in [-0.15, -0.1) is 0 Å². The van der Waals surface area contributed by atoms with E-state index in [1.807, 2.05) is 13.8 Å². The van der Waals surface area contributed by atoms with Crippen molar-refractivity contribution in [3.8, 4) is 0 Å². The first-order valence-electron chi connectivity index (χ1n) is 6.18. The second-order valence-corrected chi connectivity index (χ2v) is 4.58. The Morgan fingerprint density at radius 1 is 1.50 bits per heavy atom. The average molecular weight is 282 g/mol. The first-order chi connectivity index (χ1) is 9.34. The molecule has 0 aliphatic rings. The summed E-state index contributed by atoms with van der Waals surface area (Å²) in [6.07, 6.45) is 0.0492. The molecule has 1 N–H and O–H groups in total. The molecular formula is C13H18N2O5. The Morgan fingerprint density at radius 2 is 2.15 bits per heavy atom. The van der Waals surface area contributed by atoms with Crippen LogP contribution in [0.1, 0.15) is 24.2 Å². The van der Waals surface area contributed by atoms with Gasteiger partial charge >= 0.3 is 5.97 Å². The van der Waals surface area contributed by atoms with Gasteiger partial charge in [0, 0.05) is 19.7 Å². The molecule has 0 aromatic heterocycles. The molecule has 0 fully saturated rings. The summed E-state index contributed by atoms with van der Waals surface area (Å²) in [6, 6.07) is 4.01. The Labute approximate surface area is 116 Å². The summed E-state index contributed by atoms with van der Waals surface area (Å²) in [5.41, 5.74) is -0.222. The van der Waals surface area contributed by atoms with Gasteiger partial charge < -0.3 is 14.7 Å². The molecule has 0 aliphatic carbocycles. The molecule has 7 heteroatoms. The number of likely N-dealkylation sites (N-methyl/N-ethyl adjacent to an activating group) is 1. The van der Waals surface area contributed by atoms with Gasteiger partial charge in [-0.1, -0.05) is 6.07 Å². The molecule has 110 valence electrons. The van der Waals surface area contributed by atoms with E-state index >= 15 is 0 Å². The molecule has 1 rings (SSSR count). The van der Waals surface area contributed by atoms with E-state index in [2.05, 4.69) is 0 Å². The maximum absolute atomic E-state index is 11.2. The number of para-hydroxylation sites is 1. The van der Waals surface area contributed by atoms with Crippen molar-refractivity contribution in [3.05, 3.63) is 33.9 Å². The quantitative estimate of drug-likeness (QED) is 0.608. The second kappa shape index (κ2) is 6.85. The zero-order valence-corrected chi connectivity index (χ0v) is 11.7. The maximum atomic E-state index is 11.2. The van der Waals surface area contributed by atoms with Crippen molar-refractivity contribution in [1.29, 1.82) is 0 Å². The highest BCUT2D eigenvalue weighted by atomic mass is 16.6. The minimum absolute atomic E-state index is 0.0492. The molecule has 0 aliphatic heterocycles. The normalized spacial score (nSPS) is 10.6. The molecule has 1 aromatic carbocycles. The summed E-state index contributed by atoms with van der Waals surface area (Å²) in [4.78, 5) is 23.2. The van der Waals surface area contributed by atoms with Gasteiger partial charge in [0.1, 0.15) is 5.69 Å². The smallest absolute Gasteiger partial charge is 0.338 e. The topological polar surface area (TPSA) is 92.9 Å². The van der Waals surface area contributed by atoms with Crippen LogP contribution in [0.5, 0.6) is 0 Å². The third-order valence-electron chi connectivity index (χ3n) is 2.70. The van der Waals surface area contributed by atoms with E-state index < -0.39 is 10.9 Å². The highest BCUT2D eigenvalue weighted by Gasteiger charge is 2.24. The predicted octanol–water partition coefficient (Wildman–Crippen LogP) is 2.15. The molecule has 1 aromatic rings. The largest absolute Gasteiger partial charge is 0.478 e. The minimum Gasteiger partial charge on any atom is -0.478 e. The van der Waals surface area contributed by atoms with Gasteiger partial charge in [0.05, 0.1) is 23.2 Å². The third-order valence-corrected chi connectivity index (χ3v) is 2.70. The number of nitrogens with zero attached hydrogens (tertiary/aromatic N) is 2. The van der Waals surface area contributed by atoms with Gasteiger partial charge in [0.2, 0.25) is 0 Å². The summed E-state index contributed by atoms with van der Waals surface area (Å²) in [6.45, 7) is 4.49. The highest BCUT2D eigenvalue weighted by Crippen LogP contribution is 2.31. The molecule has 0 atom stereocenters. The van der Waals surface area contributed by atoms with E-state index in [1.54, 1.807) is 7.05 Å². The maximum Gasteiger partial charge on any atom is 0.338 e. The number of nitro benzene ring substituents is 1. The van der Waals surface area contributed by atoms with Crippen molar-refractivity contribution >= 4 is 17.3 Å². The number of hydrogen-bond acceptors (Lipinski definition) is 5.